The highest BCUT2D eigenvalue weighted by molar-refractivity contribution is 6.12. The van der Waals surface area contributed by atoms with Gasteiger partial charge in [-0.2, -0.15) is 0 Å². The van der Waals surface area contributed by atoms with E-state index in [0.717, 1.165) is 49.8 Å². The number of fused-ring (bicyclic) bond motifs is 6. The zero-order valence-corrected chi connectivity index (χ0v) is 30.3. The number of hydrogen-bond donors (Lipinski definition) is 0. The predicted octanol–water partition coefficient (Wildman–Crippen LogP) is 12.8. The van der Waals surface area contributed by atoms with Crippen LogP contribution >= 0.6 is 0 Å². The summed E-state index contributed by atoms with van der Waals surface area (Å²) in [5, 5.41) is 1.99. The lowest BCUT2D eigenvalue weighted by molar-refractivity contribution is 0.668. The van der Waals surface area contributed by atoms with Crippen molar-refractivity contribution in [2.45, 2.75) is 5.41 Å². The van der Waals surface area contributed by atoms with E-state index < -0.39 is 5.41 Å². The van der Waals surface area contributed by atoms with Gasteiger partial charge in [-0.15, -0.1) is 0 Å². The molecule has 2 aromatic heterocycles. The molecular formula is C52H33N3O. The molecule has 0 saturated heterocycles. The first kappa shape index (κ1) is 32.0. The molecule has 10 aromatic rings. The van der Waals surface area contributed by atoms with Crippen molar-refractivity contribution < 1.29 is 4.42 Å². The van der Waals surface area contributed by atoms with Crippen molar-refractivity contribution in [3.05, 3.63) is 222 Å². The van der Waals surface area contributed by atoms with Crippen LogP contribution in [0, 0.1) is 0 Å². The van der Waals surface area contributed by atoms with E-state index in [-0.39, 0.29) is 0 Å². The molecule has 1 aliphatic carbocycles. The minimum atomic E-state index is -0.536. The van der Waals surface area contributed by atoms with Gasteiger partial charge in [-0.1, -0.05) is 176 Å². The molecule has 0 aliphatic heterocycles. The summed E-state index contributed by atoms with van der Waals surface area (Å²) >= 11 is 0. The van der Waals surface area contributed by atoms with E-state index in [2.05, 4.69) is 152 Å². The smallest absolute Gasteiger partial charge is 0.164 e. The molecule has 8 aromatic carbocycles. The fourth-order valence-electron chi connectivity index (χ4n) is 8.77. The average molecular weight is 716 g/mol. The Labute approximate surface area is 324 Å². The molecule has 0 radical (unpaired) electrons. The Balaban J connectivity index is 1.16. The van der Waals surface area contributed by atoms with E-state index >= 15 is 0 Å². The van der Waals surface area contributed by atoms with Crippen LogP contribution in [0.3, 0.4) is 0 Å². The van der Waals surface area contributed by atoms with Gasteiger partial charge in [0, 0.05) is 27.5 Å². The third-order valence-electron chi connectivity index (χ3n) is 11.2. The van der Waals surface area contributed by atoms with Crippen molar-refractivity contribution in [1.29, 1.82) is 0 Å². The molecule has 11 rings (SSSR count). The molecule has 4 heteroatoms. The molecule has 0 unspecified atom stereocenters. The third kappa shape index (κ3) is 4.96. The fraction of sp³-hybridized carbons (Fsp3) is 0.0192. The number of aromatic nitrogens is 3. The van der Waals surface area contributed by atoms with E-state index in [1.165, 1.54) is 33.4 Å². The topological polar surface area (TPSA) is 51.8 Å². The van der Waals surface area contributed by atoms with Crippen molar-refractivity contribution in [3.63, 3.8) is 0 Å². The van der Waals surface area contributed by atoms with Crippen LogP contribution in [-0.4, -0.2) is 15.0 Å². The summed E-state index contributed by atoms with van der Waals surface area (Å²) in [7, 11) is 0. The van der Waals surface area contributed by atoms with Gasteiger partial charge in [0.15, 0.2) is 17.5 Å². The minimum Gasteiger partial charge on any atom is -0.456 e. The van der Waals surface area contributed by atoms with Gasteiger partial charge in [0.25, 0.3) is 0 Å². The summed E-state index contributed by atoms with van der Waals surface area (Å²) in [6.45, 7) is 0. The van der Waals surface area contributed by atoms with Gasteiger partial charge in [-0.05, 0) is 68.8 Å². The second-order valence-corrected chi connectivity index (χ2v) is 14.3. The minimum absolute atomic E-state index is 0.536. The second kappa shape index (κ2) is 12.9. The summed E-state index contributed by atoms with van der Waals surface area (Å²) in [5.41, 5.74) is 13.5. The van der Waals surface area contributed by atoms with E-state index in [1.807, 2.05) is 48.5 Å². The summed E-state index contributed by atoms with van der Waals surface area (Å²) in [5.74, 6) is 1.81. The third-order valence-corrected chi connectivity index (χ3v) is 11.2. The standard InChI is InChI=1S/C52H33N3O/c1-4-16-34(17-5-1)36-20-14-21-37(32-36)50-53-49(35-18-6-2-7-19-35)54-51(55-50)42-26-15-29-47-48(42)43-33-39(30-31-46(43)56-47)52(38-22-8-3-9-23-38)44-27-12-10-24-40(44)41-25-11-13-28-45(41)52/h1-33H. The van der Waals surface area contributed by atoms with Crippen LogP contribution in [0.15, 0.2) is 205 Å². The number of furan rings is 1. The average Bonchev–Trinajstić information content (AvgIpc) is 3.81. The molecule has 2 heterocycles. The highest BCUT2D eigenvalue weighted by Gasteiger charge is 2.46. The molecule has 56 heavy (non-hydrogen) atoms. The Morgan fingerprint density at radius 3 is 1.59 bits per heavy atom. The van der Waals surface area contributed by atoms with E-state index in [4.69, 9.17) is 19.4 Å². The Kier molecular flexibility index (Phi) is 7.36. The Morgan fingerprint density at radius 2 is 0.875 bits per heavy atom. The van der Waals surface area contributed by atoms with Crippen LogP contribution in [0.1, 0.15) is 22.3 Å². The van der Waals surface area contributed by atoms with Crippen LogP contribution < -0.4 is 0 Å². The first-order valence-corrected chi connectivity index (χ1v) is 18.9. The first-order chi connectivity index (χ1) is 27.8. The van der Waals surface area contributed by atoms with Crippen LogP contribution in [0.4, 0.5) is 0 Å². The van der Waals surface area contributed by atoms with Gasteiger partial charge >= 0.3 is 0 Å². The van der Waals surface area contributed by atoms with Gasteiger partial charge in [-0.3, -0.25) is 0 Å². The Morgan fingerprint density at radius 1 is 0.339 bits per heavy atom. The molecule has 0 spiro atoms. The molecule has 0 N–H and O–H groups in total. The predicted molar refractivity (Wildman–Crippen MR) is 226 cm³/mol. The summed E-state index contributed by atoms with van der Waals surface area (Å²) in [6.07, 6.45) is 0. The lowest BCUT2D eigenvalue weighted by Gasteiger charge is -2.33. The maximum absolute atomic E-state index is 6.63. The van der Waals surface area contributed by atoms with Crippen LogP contribution in [0.25, 0.3) is 78.4 Å². The zero-order valence-electron chi connectivity index (χ0n) is 30.3. The lowest BCUT2D eigenvalue weighted by Crippen LogP contribution is -2.28. The number of benzene rings is 8. The lowest BCUT2D eigenvalue weighted by atomic mass is 9.67. The quantitative estimate of drug-likeness (QED) is 0.172. The second-order valence-electron chi connectivity index (χ2n) is 14.3. The first-order valence-electron chi connectivity index (χ1n) is 18.9. The molecule has 0 atom stereocenters. The van der Waals surface area contributed by atoms with E-state index in [9.17, 15) is 0 Å². The van der Waals surface area contributed by atoms with Crippen LogP contribution in [0.5, 0.6) is 0 Å². The Bertz CT molecular complexity index is 3030. The van der Waals surface area contributed by atoms with Crippen molar-refractivity contribution in [1.82, 2.24) is 15.0 Å². The number of hydrogen-bond acceptors (Lipinski definition) is 4. The summed E-state index contributed by atoms with van der Waals surface area (Å²) in [4.78, 5) is 15.5. The molecule has 0 amide bonds. The van der Waals surface area contributed by atoms with Gasteiger partial charge in [0.2, 0.25) is 0 Å². The SMILES string of the molecule is c1ccc(-c2cccc(-c3nc(-c4ccccc4)nc(-c4cccc5oc6ccc(C7(c8ccccc8)c8ccccc8-c8ccccc87)cc6c45)n3)c2)cc1. The van der Waals surface area contributed by atoms with E-state index in [1.54, 1.807) is 0 Å². The van der Waals surface area contributed by atoms with Crippen molar-refractivity contribution >= 4 is 21.9 Å². The van der Waals surface area contributed by atoms with Gasteiger partial charge in [-0.25, -0.2) is 15.0 Å². The summed E-state index contributed by atoms with van der Waals surface area (Å²) in [6, 6.07) is 70.4. The number of rotatable bonds is 6. The molecule has 4 nitrogen and oxygen atoms in total. The van der Waals surface area contributed by atoms with Gasteiger partial charge in [0.05, 0.1) is 5.41 Å². The normalized spacial score (nSPS) is 12.8. The van der Waals surface area contributed by atoms with Crippen LogP contribution in [0.2, 0.25) is 0 Å². The molecule has 0 fully saturated rings. The fourth-order valence-corrected chi connectivity index (χ4v) is 8.77. The maximum Gasteiger partial charge on any atom is 0.164 e. The van der Waals surface area contributed by atoms with Crippen molar-refractivity contribution in [2.75, 3.05) is 0 Å². The summed E-state index contributed by atoms with van der Waals surface area (Å²) < 4.78 is 6.63. The van der Waals surface area contributed by atoms with Crippen molar-refractivity contribution in [3.8, 4) is 56.4 Å². The monoisotopic (exact) mass is 715 g/mol. The maximum atomic E-state index is 6.63. The molecule has 0 saturated carbocycles. The highest BCUT2D eigenvalue weighted by Crippen LogP contribution is 2.56. The molecule has 1 aliphatic rings. The van der Waals surface area contributed by atoms with Crippen LogP contribution in [-0.2, 0) is 5.41 Å². The Hall–Kier alpha value is -7.43. The number of nitrogens with zero attached hydrogens (tertiary/aromatic N) is 3. The molecular weight excluding hydrogens is 683 g/mol. The van der Waals surface area contributed by atoms with Gasteiger partial charge in [0.1, 0.15) is 11.2 Å². The van der Waals surface area contributed by atoms with E-state index in [0.29, 0.717) is 17.5 Å². The molecule has 262 valence electrons. The largest absolute Gasteiger partial charge is 0.456 e. The van der Waals surface area contributed by atoms with Gasteiger partial charge < -0.3 is 4.42 Å². The highest BCUT2D eigenvalue weighted by atomic mass is 16.3. The zero-order chi connectivity index (χ0) is 37.1. The molecule has 0 bridgehead atoms. The van der Waals surface area contributed by atoms with Crippen molar-refractivity contribution in [2.24, 2.45) is 0 Å².